The van der Waals surface area contributed by atoms with E-state index in [-0.39, 0.29) is 23.8 Å². The van der Waals surface area contributed by atoms with Gasteiger partial charge in [-0.3, -0.25) is 4.79 Å². The normalized spacial score (nSPS) is 20.7. The summed E-state index contributed by atoms with van der Waals surface area (Å²) in [6.07, 6.45) is 0.269. The molecule has 1 aliphatic rings. The van der Waals surface area contributed by atoms with Crippen LogP contribution in [0, 0.1) is 11.3 Å². The van der Waals surface area contributed by atoms with Gasteiger partial charge in [0.2, 0.25) is 0 Å². The number of rotatable bonds is 1. The Kier molecular flexibility index (Phi) is 3.89. The molecule has 1 heterocycles. The van der Waals surface area contributed by atoms with Gasteiger partial charge < -0.3 is 5.43 Å². The first kappa shape index (κ1) is 13.6. The topological polar surface area (TPSA) is 56.1 Å². The van der Waals surface area contributed by atoms with Gasteiger partial charge in [0.25, 0.3) is 0 Å². The largest absolute Gasteiger partial charge is 0.321 e. The maximum atomic E-state index is 12.1. The van der Waals surface area contributed by atoms with E-state index >= 15 is 0 Å². The number of nitrogens with zero attached hydrogens (tertiary/aromatic N) is 2. The van der Waals surface area contributed by atoms with Crippen molar-refractivity contribution in [2.24, 2.45) is 0 Å². The van der Waals surface area contributed by atoms with Crippen molar-refractivity contribution >= 4 is 17.4 Å². The van der Waals surface area contributed by atoms with E-state index in [9.17, 15) is 4.79 Å². The number of carbonyl (C=O) groups is 1. The second-order valence-electron chi connectivity index (χ2n) is 4.53. The highest BCUT2D eigenvalue weighted by Crippen LogP contribution is 2.27. The summed E-state index contributed by atoms with van der Waals surface area (Å²) in [6.45, 7) is 1.73. The molecule has 0 amide bonds. The lowest BCUT2D eigenvalue weighted by atomic mass is 9.98. The van der Waals surface area contributed by atoms with E-state index in [2.05, 4.69) is 5.43 Å². The molecule has 0 unspecified atom stereocenters. The number of hydrogen-bond acceptors (Lipinski definition) is 4. The summed E-state index contributed by atoms with van der Waals surface area (Å²) >= 11 is 5.87. The minimum absolute atomic E-state index is 0.120. The number of Topliss-reactive ketones (excluding diaryl/α,β-unsaturated/α-hetero) is 1. The molecular weight excluding hydrogens is 262 g/mol. The quantitative estimate of drug-likeness (QED) is 0.856. The van der Waals surface area contributed by atoms with E-state index in [1.54, 1.807) is 19.1 Å². The number of nitriles is 1. The molecule has 0 radical (unpaired) electrons. The van der Waals surface area contributed by atoms with Crippen molar-refractivity contribution in [3.8, 4) is 6.07 Å². The van der Waals surface area contributed by atoms with Crippen LogP contribution in [0.5, 0.6) is 0 Å². The molecule has 98 valence electrons. The average molecular weight is 276 g/mol. The van der Waals surface area contributed by atoms with E-state index in [0.29, 0.717) is 10.7 Å². The molecule has 1 N–H and O–H groups in total. The van der Waals surface area contributed by atoms with Crippen LogP contribution in [0.4, 0.5) is 0 Å². The van der Waals surface area contributed by atoms with Crippen molar-refractivity contribution in [1.29, 1.82) is 5.26 Å². The zero-order valence-corrected chi connectivity index (χ0v) is 11.5. The van der Waals surface area contributed by atoms with Crippen LogP contribution in [0.3, 0.4) is 0 Å². The maximum absolute atomic E-state index is 12.1. The standard InChI is InChI=1S/C14H14ClN3O/c1-9-12(8-16)14(19)7-13(18(2)17-9)10-3-5-11(15)6-4-10/h3-6,13,17H,7H2,1-2H3/t13-/m1/s1. The van der Waals surface area contributed by atoms with Gasteiger partial charge >= 0.3 is 0 Å². The Morgan fingerprint density at radius 3 is 2.63 bits per heavy atom. The lowest BCUT2D eigenvalue weighted by Crippen LogP contribution is -2.35. The number of carbonyl (C=O) groups excluding carboxylic acids is 1. The summed E-state index contributed by atoms with van der Waals surface area (Å²) in [5.41, 5.74) is 4.85. The van der Waals surface area contributed by atoms with Gasteiger partial charge in [0.1, 0.15) is 11.6 Å². The number of halogens is 1. The van der Waals surface area contributed by atoms with Gasteiger partial charge in [-0.1, -0.05) is 23.7 Å². The molecule has 1 aliphatic heterocycles. The smallest absolute Gasteiger partial charge is 0.177 e. The van der Waals surface area contributed by atoms with E-state index in [1.807, 2.05) is 30.3 Å². The zero-order chi connectivity index (χ0) is 14.0. The summed E-state index contributed by atoms with van der Waals surface area (Å²) in [6, 6.07) is 9.23. The van der Waals surface area contributed by atoms with Crippen LogP contribution in [0.15, 0.2) is 35.5 Å². The maximum Gasteiger partial charge on any atom is 0.177 e. The number of ketones is 1. The Bertz CT molecular complexity index is 571. The first-order valence-electron chi connectivity index (χ1n) is 5.92. The first-order valence-corrected chi connectivity index (χ1v) is 6.30. The zero-order valence-electron chi connectivity index (χ0n) is 10.8. The highest BCUT2D eigenvalue weighted by molar-refractivity contribution is 6.30. The molecule has 0 saturated heterocycles. The van der Waals surface area contributed by atoms with Crippen LogP contribution in [0.25, 0.3) is 0 Å². The Hall–Kier alpha value is -1.83. The van der Waals surface area contributed by atoms with Gasteiger partial charge in [-0.05, 0) is 24.6 Å². The molecule has 1 aromatic rings. The van der Waals surface area contributed by atoms with Crippen LogP contribution in [0.2, 0.25) is 5.02 Å². The fourth-order valence-electron chi connectivity index (χ4n) is 2.19. The molecule has 5 heteroatoms. The van der Waals surface area contributed by atoms with Gasteiger partial charge in [0.05, 0.1) is 6.04 Å². The van der Waals surface area contributed by atoms with E-state index in [1.165, 1.54) is 0 Å². The number of hydrogen-bond donors (Lipinski definition) is 1. The molecule has 0 aliphatic carbocycles. The molecule has 2 rings (SSSR count). The molecule has 1 aromatic carbocycles. The van der Waals surface area contributed by atoms with Crippen molar-refractivity contribution in [3.05, 3.63) is 46.1 Å². The van der Waals surface area contributed by atoms with E-state index < -0.39 is 0 Å². The monoisotopic (exact) mass is 275 g/mol. The average Bonchev–Trinajstić information content (AvgIpc) is 2.47. The lowest BCUT2D eigenvalue weighted by molar-refractivity contribution is -0.116. The van der Waals surface area contributed by atoms with Crippen molar-refractivity contribution in [2.75, 3.05) is 7.05 Å². The Morgan fingerprint density at radius 1 is 1.42 bits per heavy atom. The Labute approximate surface area is 117 Å². The molecule has 0 aromatic heterocycles. The van der Waals surface area contributed by atoms with Gasteiger partial charge in [0.15, 0.2) is 5.78 Å². The summed E-state index contributed by atoms with van der Waals surface area (Å²) in [5, 5.41) is 11.5. The fourth-order valence-corrected chi connectivity index (χ4v) is 2.32. The number of hydrazine groups is 1. The van der Waals surface area contributed by atoms with Crippen molar-refractivity contribution in [1.82, 2.24) is 10.4 Å². The summed E-state index contributed by atoms with van der Waals surface area (Å²) < 4.78 is 0. The molecule has 0 bridgehead atoms. The molecule has 4 nitrogen and oxygen atoms in total. The first-order chi connectivity index (χ1) is 9.02. The summed E-state index contributed by atoms with van der Waals surface area (Å²) in [7, 11) is 1.86. The Morgan fingerprint density at radius 2 is 2.05 bits per heavy atom. The third-order valence-electron chi connectivity index (χ3n) is 3.21. The number of benzene rings is 1. The summed E-state index contributed by atoms with van der Waals surface area (Å²) in [4.78, 5) is 12.1. The number of nitrogens with one attached hydrogen (secondary N) is 1. The molecule has 0 fully saturated rings. The predicted octanol–water partition coefficient (Wildman–Crippen LogP) is 2.59. The molecule has 1 atom stereocenters. The predicted molar refractivity (Wildman–Crippen MR) is 73.0 cm³/mol. The van der Waals surface area contributed by atoms with Crippen LogP contribution in [-0.2, 0) is 4.79 Å². The third-order valence-corrected chi connectivity index (χ3v) is 3.46. The van der Waals surface area contributed by atoms with Gasteiger partial charge in [0, 0.05) is 24.2 Å². The van der Waals surface area contributed by atoms with Crippen LogP contribution < -0.4 is 5.43 Å². The second kappa shape index (κ2) is 5.43. The van der Waals surface area contributed by atoms with Crippen molar-refractivity contribution < 1.29 is 4.79 Å². The highest BCUT2D eigenvalue weighted by Gasteiger charge is 2.27. The van der Waals surface area contributed by atoms with Gasteiger partial charge in [-0.15, -0.1) is 0 Å². The summed E-state index contributed by atoms with van der Waals surface area (Å²) in [5.74, 6) is -0.142. The number of allylic oxidation sites excluding steroid dienone is 2. The molecule has 19 heavy (non-hydrogen) atoms. The minimum atomic E-state index is -0.142. The van der Waals surface area contributed by atoms with Crippen molar-refractivity contribution in [2.45, 2.75) is 19.4 Å². The molecule has 0 spiro atoms. The molecule has 0 saturated carbocycles. The highest BCUT2D eigenvalue weighted by atomic mass is 35.5. The third kappa shape index (κ3) is 2.78. The van der Waals surface area contributed by atoms with E-state index in [0.717, 1.165) is 5.56 Å². The fraction of sp³-hybridized carbons (Fsp3) is 0.286. The van der Waals surface area contributed by atoms with Crippen LogP contribution in [-0.4, -0.2) is 17.8 Å². The van der Waals surface area contributed by atoms with Crippen LogP contribution in [0.1, 0.15) is 24.9 Å². The van der Waals surface area contributed by atoms with Crippen LogP contribution >= 0.6 is 11.6 Å². The van der Waals surface area contributed by atoms with Gasteiger partial charge in [-0.25, -0.2) is 5.01 Å². The second-order valence-corrected chi connectivity index (χ2v) is 4.97. The molecular formula is C14H14ClN3O. The van der Waals surface area contributed by atoms with E-state index in [4.69, 9.17) is 16.9 Å². The lowest BCUT2D eigenvalue weighted by Gasteiger charge is -2.27. The Balaban J connectivity index is 2.33. The van der Waals surface area contributed by atoms with Crippen molar-refractivity contribution in [3.63, 3.8) is 0 Å². The van der Waals surface area contributed by atoms with Gasteiger partial charge in [-0.2, -0.15) is 5.26 Å². The minimum Gasteiger partial charge on any atom is -0.321 e. The SMILES string of the molecule is CC1=C(C#N)C(=O)C[C@H](c2ccc(Cl)cc2)N(C)N1.